The van der Waals surface area contributed by atoms with Crippen molar-refractivity contribution in [2.75, 3.05) is 21.3 Å². The Hall–Kier alpha value is -3.22. The van der Waals surface area contributed by atoms with Crippen molar-refractivity contribution in [2.24, 2.45) is 0 Å². The van der Waals surface area contributed by atoms with Crippen molar-refractivity contribution in [3.05, 3.63) is 53.6 Å². The fourth-order valence-corrected chi connectivity index (χ4v) is 4.82. The molecule has 1 aliphatic carbocycles. The lowest BCUT2D eigenvalue weighted by atomic mass is 9.95. The predicted octanol–water partition coefficient (Wildman–Crippen LogP) is 4.90. The number of carbonyl (C=O) groups is 2. The quantitative estimate of drug-likeness (QED) is 0.452. The molecule has 2 aromatic rings. The van der Waals surface area contributed by atoms with Crippen molar-refractivity contribution < 1.29 is 23.8 Å². The molecule has 2 amide bonds. The molecule has 0 aromatic heterocycles. The first-order chi connectivity index (χ1) is 17.5. The first kappa shape index (κ1) is 27.4. The van der Waals surface area contributed by atoms with Crippen LogP contribution in [0.4, 0.5) is 0 Å². The van der Waals surface area contributed by atoms with E-state index in [9.17, 15) is 9.59 Å². The van der Waals surface area contributed by atoms with Crippen LogP contribution < -0.4 is 19.5 Å². The van der Waals surface area contributed by atoms with E-state index in [1.807, 2.05) is 49.4 Å². The zero-order valence-corrected chi connectivity index (χ0v) is 22.0. The van der Waals surface area contributed by atoms with Gasteiger partial charge in [0.25, 0.3) is 0 Å². The number of carbonyl (C=O) groups excluding carboxylic acids is 2. The highest BCUT2D eigenvalue weighted by atomic mass is 16.5. The summed E-state index contributed by atoms with van der Waals surface area (Å²) in [6.07, 6.45) is 6.90. The van der Waals surface area contributed by atoms with Gasteiger partial charge in [-0.2, -0.15) is 0 Å². The Labute approximate surface area is 215 Å². The van der Waals surface area contributed by atoms with Crippen LogP contribution in [0.3, 0.4) is 0 Å². The number of nitrogens with zero attached hydrogens (tertiary/aromatic N) is 1. The van der Waals surface area contributed by atoms with Gasteiger partial charge in [-0.1, -0.05) is 44.4 Å². The zero-order chi connectivity index (χ0) is 25.9. The largest absolute Gasteiger partial charge is 0.497 e. The molecule has 0 bridgehead atoms. The molecule has 7 heteroatoms. The summed E-state index contributed by atoms with van der Waals surface area (Å²) in [4.78, 5) is 28.7. The van der Waals surface area contributed by atoms with Crippen LogP contribution in [-0.4, -0.2) is 50.1 Å². The summed E-state index contributed by atoms with van der Waals surface area (Å²) in [7, 11) is 4.82. The fraction of sp³-hybridized carbons (Fsp3) is 0.517. The lowest BCUT2D eigenvalue weighted by Gasteiger charge is -2.33. The Morgan fingerprint density at radius 3 is 2.19 bits per heavy atom. The molecule has 0 spiro atoms. The maximum atomic E-state index is 13.6. The molecule has 0 heterocycles. The van der Waals surface area contributed by atoms with Gasteiger partial charge in [-0.3, -0.25) is 9.59 Å². The summed E-state index contributed by atoms with van der Waals surface area (Å²) in [5.41, 5.74) is 1.93. The van der Waals surface area contributed by atoms with E-state index in [0.717, 1.165) is 42.6 Å². The number of hydrogen-bond donors (Lipinski definition) is 1. The molecule has 3 rings (SSSR count). The molecule has 0 radical (unpaired) electrons. The van der Waals surface area contributed by atoms with Gasteiger partial charge in [0.15, 0.2) is 11.5 Å². The van der Waals surface area contributed by atoms with Crippen LogP contribution in [0.2, 0.25) is 0 Å². The average Bonchev–Trinajstić information content (AvgIpc) is 2.92. The Morgan fingerprint density at radius 1 is 0.917 bits per heavy atom. The van der Waals surface area contributed by atoms with Crippen LogP contribution in [0, 0.1) is 0 Å². The lowest BCUT2D eigenvalue weighted by Crippen LogP contribution is -2.51. The Bertz CT molecular complexity index is 986. The third-order valence-electron chi connectivity index (χ3n) is 6.92. The van der Waals surface area contributed by atoms with E-state index < -0.39 is 6.04 Å². The van der Waals surface area contributed by atoms with Gasteiger partial charge in [-0.05, 0) is 61.1 Å². The number of methoxy groups -OCH3 is 3. The Kier molecular flexibility index (Phi) is 10.5. The van der Waals surface area contributed by atoms with Gasteiger partial charge in [0.2, 0.25) is 11.8 Å². The Morgan fingerprint density at radius 2 is 1.58 bits per heavy atom. The van der Waals surface area contributed by atoms with E-state index in [-0.39, 0.29) is 17.9 Å². The second kappa shape index (κ2) is 13.8. The van der Waals surface area contributed by atoms with Gasteiger partial charge in [0, 0.05) is 19.0 Å². The van der Waals surface area contributed by atoms with Crippen LogP contribution in [0.15, 0.2) is 42.5 Å². The molecule has 2 aromatic carbocycles. The molecule has 36 heavy (non-hydrogen) atoms. The van der Waals surface area contributed by atoms with Crippen LogP contribution in [0.25, 0.3) is 0 Å². The highest BCUT2D eigenvalue weighted by molar-refractivity contribution is 5.88. The molecule has 1 N–H and O–H groups in total. The van der Waals surface area contributed by atoms with Gasteiger partial charge >= 0.3 is 0 Å². The van der Waals surface area contributed by atoms with Gasteiger partial charge in [-0.15, -0.1) is 0 Å². The van der Waals surface area contributed by atoms with E-state index in [1.165, 1.54) is 6.42 Å². The van der Waals surface area contributed by atoms with Crippen LogP contribution in [-0.2, 0) is 22.6 Å². The molecule has 1 fully saturated rings. The van der Waals surface area contributed by atoms with Gasteiger partial charge in [-0.25, -0.2) is 0 Å². The molecule has 0 aliphatic heterocycles. The SMILES string of the molecule is CC[C@@H](C(=O)NC1CCCCC1)N(Cc1ccc(OC)cc1)C(=O)CCc1ccc(OC)c(OC)c1. The third-order valence-corrected chi connectivity index (χ3v) is 6.92. The van der Waals surface area contributed by atoms with Crippen LogP contribution in [0.1, 0.15) is 63.0 Å². The monoisotopic (exact) mass is 496 g/mol. The van der Waals surface area contributed by atoms with Crippen LogP contribution >= 0.6 is 0 Å². The van der Waals surface area contributed by atoms with Crippen molar-refractivity contribution in [3.63, 3.8) is 0 Å². The normalized spacial score (nSPS) is 14.6. The van der Waals surface area contributed by atoms with E-state index in [4.69, 9.17) is 14.2 Å². The number of hydrogen-bond acceptors (Lipinski definition) is 5. The number of aryl methyl sites for hydroxylation is 1. The van der Waals surface area contributed by atoms with Crippen molar-refractivity contribution in [1.82, 2.24) is 10.2 Å². The summed E-state index contributed by atoms with van der Waals surface area (Å²) in [5, 5.41) is 3.23. The molecule has 0 saturated heterocycles. The molecule has 1 atom stereocenters. The smallest absolute Gasteiger partial charge is 0.243 e. The second-order valence-corrected chi connectivity index (χ2v) is 9.33. The van der Waals surface area contributed by atoms with E-state index in [2.05, 4.69) is 5.32 Å². The van der Waals surface area contributed by atoms with Crippen molar-refractivity contribution in [1.29, 1.82) is 0 Å². The molecule has 196 valence electrons. The first-order valence-electron chi connectivity index (χ1n) is 12.9. The third kappa shape index (κ3) is 7.39. The highest BCUT2D eigenvalue weighted by Crippen LogP contribution is 2.28. The number of rotatable bonds is 12. The summed E-state index contributed by atoms with van der Waals surface area (Å²) in [6.45, 7) is 2.33. The predicted molar refractivity (Wildman–Crippen MR) is 141 cm³/mol. The molecule has 1 saturated carbocycles. The van der Waals surface area contributed by atoms with E-state index in [0.29, 0.717) is 37.3 Å². The van der Waals surface area contributed by atoms with E-state index >= 15 is 0 Å². The van der Waals surface area contributed by atoms with E-state index in [1.54, 1.807) is 26.2 Å². The molecular weight excluding hydrogens is 456 g/mol. The summed E-state index contributed by atoms with van der Waals surface area (Å²) >= 11 is 0. The lowest BCUT2D eigenvalue weighted by molar-refractivity contribution is -0.141. The minimum atomic E-state index is -0.521. The number of ether oxygens (including phenoxy) is 3. The summed E-state index contributed by atoms with van der Waals surface area (Å²) in [6, 6.07) is 13.0. The number of amides is 2. The minimum absolute atomic E-state index is 0.0498. The molecule has 7 nitrogen and oxygen atoms in total. The maximum absolute atomic E-state index is 13.6. The van der Waals surface area contributed by atoms with Crippen LogP contribution in [0.5, 0.6) is 17.2 Å². The fourth-order valence-electron chi connectivity index (χ4n) is 4.82. The van der Waals surface area contributed by atoms with Crippen molar-refractivity contribution in [2.45, 2.75) is 76.9 Å². The summed E-state index contributed by atoms with van der Waals surface area (Å²) in [5.74, 6) is 1.94. The molecule has 1 aliphatic rings. The average molecular weight is 497 g/mol. The van der Waals surface area contributed by atoms with Gasteiger partial charge in [0.1, 0.15) is 11.8 Å². The van der Waals surface area contributed by atoms with Gasteiger partial charge in [0.05, 0.1) is 21.3 Å². The first-order valence-corrected chi connectivity index (χ1v) is 12.9. The maximum Gasteiger partial charge on any atom is 0.243 e. The molecule has 0 unspecified atom stereocenters. The van der Waals surface area contributed by atoms with Gasteiger partial charge < -0.3 is 24.4 Å². The minimum Gasteiger partial charge on any atom is -0.497 e. The number of nitrogens with one attached hydrogen (secondary N) is 1. The molecular formula is C29H40N2O5. The number of benzene rings is 2. The second-order valence-electron chi connectivity index (χ2n) is 9.33. The summed E-state index contributed by atoms with van der Waals surface area (Å²) < 4.78 is 16.0. The zero-order valence-electron chi connectivity index (χ0n) is 22.0. The topological polar surface area (TPSA) is 77.1 Å². The highest BCUT2D eigenvalue weighted by Gasteiger charge is 2.30. The van der Waals surface area contributed by atoms with Crippen molar-refractivity contribution >= 4 is 11.8 Å². The Balaban J connectivity index is 1.76. The van der Waals surface area contributed by atoms with Crippen molar-refractivity contribution in [3.8, 4) is 17.2 Å². The standard InChI is InChI=1S/C29H40N2O5/c1-5-25(29(33)30-23-9-7-6-8-10-23)31(20-22-11-15-24(34-2)16-12-22)28(32)18-14-21-13-17-26(35-3)27(19-21)36-4/h11-13,15-17,19,23,25H,5-10,14,18,20H2,1-4H3,(H,30,33)/t25-/m0/s1.